The second-order valence-electron chi connectivity index (χ2n) is 21.1. The molecule has 0 bridgehead atoms. The molecule has 24 heteroatoms. The van der Waals surface area contributed by atoms with Crippen LogP contribution in [-0.4, -0.2) is 115 Å². The van der Waals surface area contributed by atoms with Gasteiger partial charge in [0.1, 0.15) is 36.6 Å². The molecule has 3 aromatic carbocycles. The number of para-hydroxylation sites is 2. The Hall–Kier alpha value is -10.5. The standard InChI is InChI=1S/C64H75N17O7/c65-63(66)71-32-14-25-52(59(84)79-55(35-44-37-74-51-24-7-5-22-49(44)51)61(86)78-53(26-15-33-72-64(67)68)62(87)88-41-42-16-2-1-3-17-42)77-60(85)54(34-43-36-73-50-23-6-4-21-48(43)50)76-57(82)28-13-29-58(83)80-56-27-12-20-47(75-56)40-81(38-45-18-8-10-30-69-45)39-46-19-9-11-31-70-46/h1-12,16-24,27,30-31,36-37,52-55,73-74H,13-15,25-26,28-29,32-35,38-41H2,(H,76,82)(H,77,85)(H,78,86)(H,79,84)(H4,65,66,71)(H4,67,68,72)(H,75,80,83)/t52-,53-,54-,55-/m0/s1. The number of nitrogens with zero attached hydrogens (tertiary/aromatic N) is 6. The first-order chi connectivity index (χ1) is 42.7. The van der Waals surface area contributed by atoms with Gasteiger partial charge in [-0.3, -0.25) is 48.8 Å². The van der Waals surface area contributed by atoms with Crippen LogP contribution in [0.3, 0.4) is 0 Å². The smallest absolute Gasteiger partial charge is 0.328 e. The molecule has 24 nitrogen and oxygen atoms in total. The molecule has 4 atom stereocenters. The molecule has 5 heterocycles. The number of carbonyl (C=O) groups excluding carboxylic acids is 6. The average molecular weight is 1190 g/mol. The minimum Gasteiger partial charge on any atom is -0.459 e. The molecule has 88 heavy (non-hydrogen) atoms. The lowest BCUT2D eigenvalue weighted by atomic mass is 10.0. The normalized spacial score (nSPS) is 12.5. The fourth-order valence-corrected chi connectivity index (χ4v) is 9.99. The summed E-state index contributed by atoms with van der Waals surface area (Å²) in [7, 11) is 0. The summed E-state index contributed by atoms with van der Waals surface area (Å²) in [6.45, 7) is 1.71. The summed E-state index contributed by atoms with van der Waals surface area (Å²) in [5.41, 5.74) is 28.6. The van der Waals surface area contributed by atoms with Gasteiger partial charge in [0.15, 0.2) is 11.9 Å². The summed E-state index contributed by atoms with van der Waals surface area (Å²) in [5.74, 6) is -3.73. The van der Waals surface area contributed by atoms with Crippen LogP contribution in [-0.2, 0) is 72.6 Å². The van der Waals surface area contributed by atoms with E-state index < -0.39 is 53.8 Å². The van der Waals surface area contributed by atoms with Crippen LogP contribution in [0, 0.1) is 0 Å². The number of esters is 1. The van der Waals surface area contributed by atoms with Crippen LogP contribution in [0.25, 0.3) is 21.8 Å². The maximum atomic E-state index is 14.9. The van der Waals surface area contributed by atoms with Crippen molar-refractivity contribution in [3.8, 4) is 0 Å². The van der Waals surface area contributed by atoms with Crippen LogP contribution in [0.5, 0.6) is 0 Å². The number of H-pyrrole nitrogens is 2. The SMILES string of the molecule is NC(N)=NCCC[C@H](NC(=O)[C@H](Cc1c[nH]c2ccccc12)NC(=O)CCCC(=O)Nc1cccc(CN(Cc2ccccn2)Cc2ccccn2)n1)C(=O)N[C@@H](Cc1c[nH]c2ccccc12)C(=O)N[C@@H](CCCN=C(N)N)C(=O)OCc1ccccc1. The predicted octanol–water partition coefficient (Wildman–Crippen LogP) is 4.42. The van der Waals surface area contributed by atoms with Gasteiger partial charge in [-0.05, 0) is 97.3 Å². The van der Waals surface area contributed by atoms with Crippen molar-refractivity contribution in [3.63, 3.8) is 0 Å². The molecule has 0 unspecified atom stereocenters. The third-order valence-electron chi connectivity index (χ3n) is 14.3. The lowest BCUT2D eigenvalue weighted by molar-refractivity contribution is -0.149. The second kappa shape index (κ2) is 32.7. The zero-order valence-corrected chi connectivity index (χ0v) is 48.8. The van der Waals surface area contributed by atoms with Crippen molar-refractivity contribution in [1.29, 1.82) is 0 Å². The number of carbonyl (C=O) groups is 6. The number of guanidine groups is 2. The van der Waals surface area contributed by atoms with E-state index in [1.165, 1.54) is 0 Å². The molecule has 0 saturated carbocycles. The Kier molecular flexibility index (Phi) is 23.6. The molecule has 8 aromatic rings. The van der Waals surface area contributed by atoms with E-state index in [1.807, 2.05) is 115 Å². The predicted molar refractivity (Wildman–Crippen MR) is 336 cm³/mol. The largest absolute Gasteiger partial charge is 0.459 e. The van der Waals surface area contributed by atoms with E-state index in [0.29, 0.717) is 42.3 Å². The van der Waals surface area contributed by atoms with Gasteiger partial charge in [0.25, 0.3) is 0 Å². The van der Waals surface area contributed by atoms with Gasteiger partial charge in [-0.1, -0.05) is 84.9 Å². The van der Waals surface area contributed by atoms with Gasteiger partial charge >= 0.3 is 5.97 Å². The number of hydrogen-bond acceptors (Lipinski definition) is 13. The molecule has 0 fully saturated rings. The van der Waals surface area contributed by atoms with Crippen molar-refractivity contribution < 1.29 is 33.5 Å². The Balaban J connectivity index is 0.966. The lowest BCUT2D eigenvalue weighted by Gasteiger charge is -2.26. The fraction of sp³-hybridized carbons (Fsp3) is 0.297. The van der Waals surface area contributed by atoms with Crippen molar-refractivity contribution in [3.05, 3.63) is 192 Å². The number of aromatic nitrogens is 5. The molecular weight excluding hydrogens is 1120 g/mol. The number of rotatable bonds is 33. The van der Waals surface area contributed by atoms with Crippen LogP contribution in [0.15, 0.2) is 168 Å². The van der Waals surface area contributed by atoms with Crippen molar-refractivity contribution in [2.75, 3.05) is 18.4 Å². The zero-order valence-electron chi connectivity index (χ0n) is 48.8. The van der Waals surface area contributed by atoms with Gasteiger partial charge in [-0.25, -0.2) is 9.78 Å². The Morgan fingerprint density at radius 1 is 0.511 bits per heavy atom. The first kappa shape index (κ1) is 63.5. The highest BCUT2D eigenvalue weighted by atomic mass is 16.5. The van der Waals surface area contributed by atoms with Crippen LogP contribution in [0.2, 0.25) is 0 Å². The number of aromatic amines is 2. The van der Waals surface area contributed by atoms with Crippen LogP contribution >= 0.6 is 0 Å². The molecule has 0 aliphatic rings. The zero-order chi connectivity index (χ0) is 62.0. The number of amides is 5. The first-order valence-corrected chi connectivity index (χ1v) is 29.1. The van der Waals surface area contributed by atoms with Gasteiger partial charge in [0, 0.05) is 105 Å². The molecule has 0 aliphatic carbocycles. The third kappa shape index (κ3) is 20.1. The molecule has 0 saturated heterocycles. The third-order valence-corrected chi connectivity index (χ3v) is 14.3. The molecule has 0 radical (unpaired) electrons. The molecule has 5 amide bonds. The molecular formula is C64H75N17O7. The summed E-state index contributed by atoms with van der Waals surface area (Å²) >= 11 is 0. The minimum atomic E-state index is -1.32. The number of hydrogen-bond donors (Lipinski definition) is 11. The summed E-state index contributed by atoms with van der Waals surface area (Å²) in [4.78, 5) is 116. The lowest BCUT2D eigenvalue weighted by Crippen LogP contribution is -2.58. The Morgan fingerprint density at radius 2 is 1.00 bits per heavy atom. The summed E-state index contributed by atoms with van der Waals surface area (Å²) < 4.78 is 5.69. The number of nitrogens with two attached hydrogens (primary N) is 4. The maximum absolute atomic E-state index is 14.9. The van der Waals surface area contributed by atoms with E-state index in [-0.39, 0.29) is 95.3 Å². The second-order valence-corrected chi connectivity index (χ2v) is 21.1. The molecule has 15 N–H and O–H groups in total. The highest BCUT2D eigenvalue weighted by Crippen LogP contribution is 2.22. The molecule has 8 rings (SSSR count). The minimum absolute atomic E-state index is 0.00408. The van der Waals surface area contributed by atoms with Gasteiger partial charge in [0.2, 0.25) is 29.5 Å². The average Bonchev–Trinajstić information content (AvgIpc) is 4.38. The number of nitrogens with one attached hydrogen (secondary N) is 7. The van der Waals surface area contributed by atoms with E-state index >= 15 is 0 Å². The van der Waals surface area contributed by atoms with E-state index in [1.54, 1.807) is 43.0 Å². The monoisotopic (exact) mass is 1190 g/mol. The summed E-state index contributed by atoms with van der Waals surface area (Å²) in [6.07, 6.45) is 7.46. The van der Waals surface area contributed by atoms with Crippen molar-refractivity contribution >= 4 is 75.0 Å². The fourth-order valence-electron chi connectivity index (χ4n) is 9.99. The molecule has 458 valence electrons. The molecule has 5 aromatic heterocycles. The van der Waals surface area contributed by atoms with Crippen LogP contribution in [0.4, 0.5) is 5.82 Å². The Morgan fingerprint density at radius 3 is 1.58 bits per heavy atom. The van der Waals surface area contributed by atoms with E-state index in [2.05, 4.69) is 61.4 Å². The Labute approximate surface area is 509 Å². The van der Waals surface area contributed by atoms with Gasteiger partial charge in [-0.2, -0.15) is 0 Å². The van der Waals surface area contributed by atoms with Crippen molar-refractivity contribution in [2.24, 2.45) is 32.9 Å². The van der Waals surface area contributed by atoms with E-state index in [9.17, 15) is 28.8 Å². The molecule has 0 aliphatic heterocycles. The van der Waals surface area contributed by atoms with Gasteiger partial charge < -0.3 is 64.2 Å². The van der Waals surface area contributed by atoms with Gasteiger partial charge in [-0.15, -0.1) is 0 Å². The summed E-state index contributed by atoms with van der Waals surface area (Å²) in [6, 6.07) is 35.8. The number of pyridine rings is 3. The van der Waals surface area contributed by atoms with Crippen LogP contribution < -0.4 is 49.5 Å². The summed E-state index contributed by atoms with van der Waals surface area (Å²) in [5, 5.41) is 15.9. The van der Waals surface area contributed by atoms with Gasteiger partial charge in [0.05, 0.1) is 17.1 Å². The quantitative estimate of drug-likeness (QED) is 0.0117. The highest BCUT2D eigenvalue weighted by Gasteiger charge is 2.33. The number of fused-ring (bicyclic) bond motifs is 2. The number of aliphatic imine (C=N–C) groups is 2. The first-order valence-electron chi connectivity index (χ1n) is 29.1. The number of ether oxygens (including phenoxy) is 1. The van der Waals surface area contributed by atoms with E-state index in [4.69, 9.17) is 32.7 Å². The maximum Gasteiger partial charge on any atom is 0.328 e. The van der Waals surface area contributed by atoms with E-state index in [0.717, 1.165) is 38.8 Å². The van der Waals surface area contributed by atoms with Crippen molar-refractivity contribution in [2.45, 2.75) is 108 Å². The highest BCUT2D eigenvalue weighted by molar-refractivity contribution is 5.96. The number of anilines is 1. The molecule has 0 spiro atoms. The van der Waals surface area contributed by atoms with Crippen LogP contribution in [0.1, 0.15) is 78.7 Å². The number of benzene rings is 3. The topological polar surface area (TPSA) is 374 Å². The van der Waals surface area contributed by atoms with Crippen molar-refractivity contribution in [1.82, 2.24) is 51.1 Å². The Bertz CT molecular complexity index is 3600.